The van der Waals surface area contributed by atoms with Crippen LogP contribution in [0.4, 0.5) is 13.6 Å². The lowest BCUT2D eigenvalue weighted by Crippen LogP contribution is -2.44. The second-order valence-electron chi connectivity index (χ2n) is 14.6. The summed E-state index contributed by atoms with van der Waals surface area (Å²) in [5.41, 5.74) is 0.975. The minimum Gasteiger partial charge on any atom is -0.493 e. The Kier molecular flexibility index (Phi) is 9.23. The van der Waals surface area contributed by atoms with Gasteiger partial charge >= 0.3 is 6.09 Å². The van der Waals surface area contributed by atoms with Crippen LogP contribution in [-0.2, 0) is 15.7 Å². The first-order valence-corrected chi connectivity index (χ1v) is 19.5. The van der Waals surface area contributed by atoms with Gasteiger partial charge in [-0.15, -0.1) is 11.3 Å². The molecule has 13 heteroatoms. The molecule has 1 N–H and O–H groups in total. The number of carbonyl (C=O) groups excluding carboxylic acids is 1. The molecule has 5 rings (SSSR count). The molecule has 1 aliphatic heterocycles. The zero-order chi connectivity index (χ0) is 34.6. The highest BCUT2D eigenvalue weighted by Crippen LogP contribution is 2.47. The van der Waals surface area contributed by atoms with Gasteiger partial charge in [-0.3, -0.25) is 9.58 Å². The molecule has 254 valence electrons. The summed E-state index contributed by atoms with van der Waals surface area (Å²) in [5, 5.41) is 17.9. The zero-order valence-electron chi connectivity index (χ0n) is 28.7. The SMILES string of the molecule is C[C@H](COc1cc(F)cc(F)c1-c1c(-c2cc3n(n2)CCN(C(=O)OC(C)(C)C)[C@H]3C)nc(O)c2ccsc12)O[Si](C)(C)C(C)(C)C. The first kappa shape index (κ1) is 34.8. The third kappa shape index (κ3) is 7.02. The number of pyridine rings is 1. The largest absolute Gasteiger partial charge is 0.493 e. The molecule has 0 fully saturated rings. The van der Waals surface area contributed by atoms with E-state index < -0.39 is 31.6 Å². The summed E-state index contributed by atoms with van der Waals surface area (Å²) in [4.78, 5) is 19.1. The number of hydrogen-bond donors (Lipinski definition) is 1. The van der Waals surface area contributed by atoms with Gasteiger partial charge in [0.15, 0.2) is 8.32 Å². The van der Waals surface area contributed by atoms with Crippen LogP contribution in [0, 0.1) is 11.6 Å². The van der Waals surface area contributed by atoms with Crippen LogP contribution in [0.5, 0.6) is 11.6 Å². The van der Waals surface area contributed by atoms with Gasteiger partial charge < -0.3 is 19.0 Å². The second kappa shape index (κ2) is 12.5. The topological polar surface area (TPSA) is 98.9 Å². The standard InChI is InChI=1S/C34H44F2N4O5SSi/c1-19(45-47(9,10)34(6,7)8)18-43-26-16-21(35)15-23(36)27(26)28-29(37-31(41)22-11-14-46-30(22)28)24-17-25-20(2)39(12-13-40(25)38-24)32(42)44-33(3,4)5/h11,14-17,19-20H,12-13,18H2,1-10H3,(H,37,41)/t19-,20+/m1/s1. The van der Waals surface area contributed by atoms with E-state index in [1.54, 1.807) is 27.1 Å². The molecule has 0 saturated carbocycles. The Hall–Kier alpha value is -3.55. The Morgan fingerprint density at radius 2 is 1.83 bits per heavy atom. The van der Waals surface area contributed by atoms with Gasteiger partial charge in [-0.05, 0) is 70.3 Å². The fourth-order valence-corrected chi connectivity index (χ4v) is 7.81. The van der Waals surface area contributed by atoms with Crippen LogP contribution >= 0.6 is 11.3 Å². The number of benzene rings is 1. The predicted octanol–water partition coefficient (Wildman–Crippen LogP) is 8.91. The van der Waals surface area contributed by atoms with Crippen LogP contribution in [0.15, 0.2) is 29.6 Å². The number of aromatic nitrogens is 3. The molecule has 2 atom stereocenters. The molecule has 3 aromatic heterocycles. The maximum atomic E-state index is 16.0. The number of ether oxygens (including phenoxy) is 2. The van der Waals surface area contributed by atoms with Crippen molar-refractivity contribution in [3.05, 3.63) is 47.0 Å². The maximum absolute atomic E-state index is 16.0. The molecule has 0 radical (unpaired) electrons. The Morgan fingerprint density at radius 3 is 2.49 bits per heavy atom. The van der Waals surface area contributed by atoms with Crippen LogP contribution in [0.1, 0.15) is 67.1 Å². The van der Waals surface area contributed by atoms with Gasteiger partial charge in [0.05, 0.1) is 35.3 Å². The van der Waals surface area contributed by atoms with E-state index in [0.717, 1.165) is 17.8 Å². The maximum Gasteiger partial charge on any atom is 0.410 e. The molecule has 1 aliphatic rings. The quantitative estimate of drug-likeness (QED) is 0.194. The fourth-order valence-electron chi connectivity index (χ4n) is 5.44. The molecule has 4 heterocycles. The summed E-state index contributed by atoms with van der Waals surface area (Å²) in [6.07, 6.45) is -0.777. The van der Waals surface area contributed by atoms with Crippen molar-refractivity contribution in [2.24, 2.45) is 0 Å². The van der Waals surface area contributed by atoms with E-state index in [2.05, 4.69) is 38.8 Å². The van der Waals surface area contributed by atoms with Crippen LogP contribution in [0.3, 0.4) is 0 Å². The summed E-state index contributed by atoms with van der Waals surface area (Å²) >= 11 is 1.29. The summed E-state index contributed by atoms with van der Waals surface area (Å²) < 4.78 is 51.3. The number of amides is 1. The third-order valence-corrected chi connectivity index (χ3v) is 14.3. The van der Waals surface area contributed by atoms with Crippen molar-refractivity contribution >= 4 is 35.8 Å². The van der Waals surface area contributed by atoms with Crippen molar-refractivity contribution < 1.29 is 32.6 Å². The monoisotopic (exact) mass is 686 g/mol. The highest BCUT2D eigenvalue weighted by atomic mass is 32.1. The van der Waals surface area contributed by atoms with E-state index in [9.17, 15) is 14.3 Å². The number of thiophene rings is 1. The summed E-state index contributed by atoms with van der Waals surface area (Å²) in [6, 6.07) is 5.07. The molecule has 4 aromatic rings. The second-order valence-corrected chi connectivity index (χ2v) is 20.3. The van der Waals surface area contributed by atoms with E-state index in [-0.39, 0.29) is 46.7 Å². The zero-order valence-corrected chi connectivity index (χ0v) is 30.5. The van der Waals surface area contributed by atoms with Crippen LogP contribution in [-0.4, -0.2) is 64.0 Å². The molecule has 1 amide bonds. The van der Waals surface area contributed by atoms with Crippen LogP contribution in [0.25, 0.3) is 32.6 Å². The average molecular weight is 687 g/mol. The van der Waals surface area contributed by atoms with Gasteiger partial charge in [0.25, 0.3) is 0 Å². The van der Waals surface area contributed by atoms with Gasteiger partial charge in [0, 0.05) is 28.9 Å². The Labute approximate surface area is 279 Å². The average Bonchev–Trinajstić information content (AvgIpc) is 3.59. The Bertz CT molecular complexity index is 1810. The number of halogens is 2. The molecular formula is C34H44F2N4O5SSi. The lowest BCUT2D eigenvalue weighted by Gasteiger charge is -2.38. The van der Waals surface area contributed by atoms with Gasteiger partial charge in [-0.2, -0.15) is 5.10 Å². The number of hydrogen-bond acceptors (Lipinski definition) is 8. The van der Waals surface area contributed by atoms with Crippen molar-refractivity contribution in [2.45, 2.75) is 97.8 Å². The number of aromatic hydroxyl groups is 1. The summed E-state index contributed by atoms with van der Waals surface area (Å²) in [7, 11) is -2.13. The minimum atomic E-state index is -2.13. The minimum absolute atomic E-state index is 0.00920. The molecule has 0 unspecified atom stereocenters. The van der Waals surface area contributed by atoms with E-state index in [1.165, 1.54) is 11.3 Å². The molecule has 0 spiro atoms. The van der Waals surface area contributed by atoms with E-state index >= 15 is 4.39 Å². The predicted molar refractivity (Wildman–Crippen MR) is 182 cm³/mol. The van der Waals surface area contributed by atoms with E-state index in [0.29, 0.717) is 34.4 Å². The molecule has 47 heavy (non-hydrogen) atoms. The smallest absolute Gasteiger partial charge is 0.410 e. The van der Waals surface area contributed by atoms with Gasteiger partial charge in [0.1, 0.15) is 41.0 Å². The Balaban J connectivity index is 1.58. The highest BCUT2D eigenvalue weighted by Gasteiger charge is 2.39. The van der Waals surface area contributed by atoms with E-state index in [4.69, 9.17) is 19.0 Å². The van der Waals surface area contributed by atoms with Gasteiger partial charge in [0.2, 0.25) is 5.88 Å². The van der Waals surface area contributed by atoms with Crippen LogP contribution < -0.4 is 4.74 Å². The van der Waals surface area contributed by atoms with Gasteiger partial charge in [-0.1, -0.05) is 20.8 Å². The number of rotatable bonds is 7. The fraction of sp³-hybridized carbons (Fsp3) is 0.500. The van der Waals surface area contributed by atoms with Crippen molar-refractivity contribution in [1.29, 1.82) is 0 Å². The summed E-state index contributed by atoms with van der Waals surface area (Å²) in [6.45, 7) is 20.7. The molecule has 0 aliphatic carbocycles. The lowest BCUT2D eigenvalue weighted by molar-refractivity contribution is 0.0120. The van der Waals surface area contributed by atoms with Crippen molar-refractivity contribution in [1.82, 2.24) is 19.7 Å². The molecule has 0 bridgehead atoms. The first-order valence-electron chi connectivity index (χ1n) is 15.8. The highest BCUT2D eigenvalue weighted by molar-refractivity contribution is 7.17. The molecule has 9 nitrogen and oxygen atoms in total. The van der Waals surface area contributed by atoms with Crippen molar-refractivity contribution in [3.8, 4) is 34.1 Å². The van der Waals surface area contributed by atoms with Crippen molar-refractivity contribution in [3.63, 3.8) is 0 Å². The number of nitrogens with zero attached hydrogens (tertiary/aromatic N) is 4. The summed E-state index contributed by atoms with van der Waals surface area (Å²) in [5.74, 6) is -1.88. The van der Waals surface area contributed by atoms with E-state index in [1.807, 2.05) is 34.6 Å². The molecule has 1 aromatic carbocycles. The third-order valence-electron chi connectivity index (χ3n) is 8.76. The molecule has 0 saturated heterocycles. The lowest BCUT2D eigenvalue weighted by atomic mass is 9.98. The van der Waals surface area contributed by atoms with Crippen LogP contribution in [0.2, 0.25) is 18.1 Å². The molecular weight excluding hydrogens is 643 g/mol. The number of carbonyl (C=O) groups is 1. The van der Waals surface area contributed by atoms with Gasteiger partial charge in [-0.25, -0.2) is 18.6 Å². The first-order chi connectivity index (χ1) is 21.8. The van der Waals surface area contributed by atoms with Crippen molar-refractivity contribution in [2.75, 3.05) is 13.2 Å². The Morgan fingerprint density at radius 1 is 1.13 bits per heavy atom. The normalized spacial score (nSPS) is 16.3. The number of fused-ring (bicyclic) bond motifs is 2.